The van der Waals surface area contributed by atoms with Crippen molar-refractivity contribution in [2.75, 3.05) is 33.3 Å². The summed E-state index contributed by atoms with van der Waals surface area (Å²) in [6.07, 6.45) is 2.28. The van der Waals surface area contributed by atoms with Crippen LogP contribution in [0.5, 0.6) is 0 Å². The van der Waals surface area contributed by atoms with Crippen LogP contribution < -0.4 is 5.73 Å². The van der Waals surface area contributed by atoms with Gasteiger partial charge in [0.1, 0.15) is 0 Å². The van der Waals surface area contributed by atoms with Crippen LogP contribution in [0.2, 0.25) is 25.7 Å². The van der Waals surface area contributed by atoms with Gasteiger partial charge in [-0.15, -0.1) is 0 Å². The number of likely N-dealkylation sites (N-methyl/N-ethyl adjacent to an activating group) is 1. The highest BCUT2D eigenvalue weighted by Crippen LogP contribution is 2.11. The van der Waals surface area contributed by atoms with Gasteiger partial charge in [0.15, 0.2) is 0 Å². The van der Waals surface area contributed by atoms with Gasteiger partial charge in [-0.2, -0.15) is 0 Å². The lowest BCUT2D eigenvalue weighted by Gasteiger charge is -2.30. The number of nitrogens with two attached hydrogens (primary N) is 1. The monoisotopic (exact) mass is 329 g/mol. The fraction of sp³-hybridized carbons (Fsp3) is 0.867. The zero-order valence-corrected chi connectivity index (χ0v) is 15.4. The van der Waals surface area contributed by atoms with Gasteiger partial charge in [-0.05, 0) is 18.9 Å². The van der Waals surface area contributed by atoms with Crippen LogP contribution in [0.4, 0.5) is 4.79 Å². The van der Waals surface area contributed by atoms with Gasteiger partial charge >= 0.3 is 6.09 Å². The van der Waals surface area contributed by atoms with E-state index in [9.17, 15) is 9.59 Å². The highest BCUT2D eigenvalue weighted by molar-refractivity contribution is 6.76. The number of carbonyl (C=O) groups is 2. The molecule has 0 aromatic rings. The van der Waals surface area contributed by atoms with Gasteiger partial charge in [-0.3, -0.25) is 4.79 Å². The van der Waals surface area contributed by atoms with Crippen LogP contribution >= 0.6 is 0 Å². The lowest BCUT2D eigenvalue weighted by Crippen LogP contribution is -2.48. The van der Waals surface area contributed by atoms with Gasteiger partial charge in [-0.25, -0.2) is 4.79 Å². The molecular formula is C15H31N3O3Si. The second-order valence-electron chi connectivity index (χ2n) is 7.36. The molecule has 0 aromatic heterocycles. The molecule has 1 rings (SSSR count). The van der Waals surface area contributed by atoms with Crippen molar-refractivity contribution in [3.63, 3.8) is 0 Å². The van der Waals surface area contributed by atoms with Crippen molar-refractivity contribution in [1.29, 1.82) is 0 Å². The first kappa shape index (κ1) is 19.0. The number of nitrogens with zero attached hydrogens (tertiary/aromatic N) is 2. The third-order valence-electron chi connectivity index (χ3n) is 3.77. The van der Waals surface area contributed by atoms with E-state index in [4.69, 9.17) is 10.5 Å². The molecule has 0 radical (unpaired) electrons. The molecule has 6 nitrogen and oxygen atoms in total. The molecule has 7 heteroatoms. The van der Waals surface area contributed by atoms with Gasteiger partial charge in [0, 0.05) is 47.2 Å². The molecule has 0 saturated carbocycles. The molecule has 1 fully saturated rings. The number of carbonyl (C=O) groups excluding carboxylic acids is 2. The van der Waals surface area contributed by atoms with Gasteiger partial charge in [0.25, 0.3) is 0 Å². The molecule has 0 aromatic carbocycles. The van der Waals surface area contributed by atoms with Gasteiger partial charge in [0.05, 0.1) is 6.61 Å². The summed E-state index contributed by atoms with van der Waals surface area (Å²) in [6, 6.07) is 0.720. The van der Waals surface area contributed by atoms with E-state index in [1.165, 1.54) is 4.90 Å². The summed E-state index contributed by atoms with van der Waals surface area (Å²) in [6.45, 7) is 8.89. The van der Waals surface area contributed by atoms with Gasteiger partial charge in [0.2, 0.25) is 5.91 Å². The van der Waals surface area contributed by atoms with E-state index >= 15 is 0 Å². The van der Waals surface area contributed by atoms with E-state index in [2.05, 4.69) is 19.6 Å². The molecule has 1 aliphatic rings. The first-order valence-corrected chi connectivity index (χ1v) is 11.8. The third kappa shape index (κ3) is 7.26. The van der Waals surface area contributed by atoms with E-state index in [1.807, 2.05) is 0 Å². The maximum atomic E-state index is 11.9. The Morgan fingerprint density at radius 2 is 2.09 bits per heavy atom. The summed E-state index contributed by atoms with van der Waals surface area (Å²) in [4.78, 5) is 27.0. The maximum absolute atomic E-state index is 11.9. The molecule has 1 aliphatic heterocycles. The van der Waals surface area contributed by atoms with Crippen molar-refractivity contribution >= 4 is 20.1 Å². The summed E-state index contributed by atoms with van der Waals surface area (Å²) in [7, 11) is 0.497. The van der Waals surface area contributed by atoms with Crippen molar-refractivity contribution in [2.24, 2.45) is 5.73 Å². The maximum Gasteiger partial charge on any atom is 0.409 e. The zero-order chi connectivity index (χ0) is 16.8. The number of hydrogen-bond acceptors (Lipinski definition) is 4. The summed E-state index contributed by atoms with van der Waals surface area (Å²) in [5.41, 5.74) is 6.07. The molecule has 2 N–H and O–H groups in total. The molecule has 22 heavy (non-hydrogen) atoms. The van der Waals surface area contributed by atoms with E-state index < -0.39 is 8.07 Å². The van der Waals surface area contributed by atoms with Crippen molar-refractivity contribution in [3.8, 4) is 0 Å². The van der Waals surface area contributed by atoms with Crippen LogP contribution in [-0.4, -0.2) is 69.2 Å². The van der Waals surface area contributed by atoms with Gasteiger partial charge < -0.3 is 20.3 Å². The SMILES string of the molecule is CN(CC(N)CN1CCCCC1=O)C(=O)OCC[Si](C)(C)C. The molecule has 0 aliphatic carbocycles. The Morgan fingerprint density at radius 1 is 1.41 bits per heavy atom. The van der Waals surface area contributed by atoms with Crippen molar-refractivity contribution in [3.05, 3.63) is 0 Å². The van der Waals surface area contributed by atoms with Crippen LogP contribution in [0.15, 0.2) is 0 Å². The fourth-order valence-electron chi connectivity index (χ4n) is 2.38. The Labute approximate surface area is 135 Å². The Kier molecular flexibility index (Phi) is 7.35. The first-order valence-electron chi connectivity index (χ1n) is 8.10. The number of ether oxygens (including phenoxy) is 1. The molecule has 1 unspecified atom stereocenters. The number of hydrogen-bond donors (Lipinski definition) is 1. The second-order valence-corrected chi connectivity index (χ2v) is 13.0. The minimum absolute atomic E-state index is 0.169. The molecule has 2 amide bonds. The highest BCUT2D eigenvalue weighted by Gasteiger charge is 2.22. The average molecular weight is 330 g/mol. The van der Waals surface area contributed by atoms with E-state index in [-0.39, 0.29) is 18.0 Å². The molecular weight excluding hydrogens is 298 g/mol. The summed E-state index contributed by atoms with van der Waals surface area (Å²) in [5.74, 6) is 0.169. The zero-order valence-electron chi connectivity index (χ0n) is 14.4. The molecule has 1 saturated heterocycles. The summed E-state index contributed by atoms with van der Waals surface area (Å²) < 4.78 is 5.28. The molecule has 0 bridgehead atoms. The predicted molar refractivity (Wildman–Crippen MR) is 90.5 cm³/mol. The van der Waals surface area contributed by atoms with E-state index in [0.29, 0.717) is 26.1 Å². The van der Waals surface area contributed by atoms with Crippen LogP contribution in [0.1, 0.15) is 19.3 Å². The summed E-state index contributed by atoms with van der Waals surface area (Å²) >= 11 is 0. The van der Waals surface area contributed by atoms with Crippen LogP contribution in [-0.2, 0) is 9.53 Å². The number of likely N-dealkylation sites (tertiary alicyclic amines) is 1. The molecule has 1 heterocycles. The van der Waals surface area contributed by atoms with Crippen LogP contribution in [0.25, 0.3) is 0 Å². The first-order chi connectivity index (χ1) is 10.2. The van der Waals surface area contributed by atoms with Crippen molar-refractivity contribution in [2.45, 2.75) is 51.0 Å². The minimum atomic E-state index is -1.19. The number of piperidine rings is 1. The largest absolute Gasteiger partial charge is 0.450 e. The lowest BCUT2D eigenvalue weighted by atomic mass is 10.1. The normalized spacial score (nSPS) is 17.3. The quantitative estimate of drug-likeness (QED) is 0.722. The van der Waals surface area contributed by atoms with Crippen molar-refractivity contribution < 1.29 is 14.3 Å². The lowest BCUT2D eigenvalue weighted by molar-refractivity contribution is -0.133. The Morgan fingerprint density at radius 3 is 2.68 bits per heavy atom. The van der Waals surface area contributed by atoms with E-state index in [0.717, 1.165) is 25.4 Å². The minimum Gasteiger partial charge on any atom is -0.450 e. The Balaban J connectivity index is 2.28. The number of amides is 2. The predicted octanol–water partition coefficient (Wildman–Crippen LogP) is 1.73. The second kappa shape index (κ2) is 8.52. The third-order valence-corrected chi connectivity index (χ3v) is 5.48. The van der Waals surface area contributed by atoms with Gasteiger partial charge in [-0.1, -0.05) is 19.6 Å². The highest BCUT2D eigenvalue weighted by atomic mass is 28.3. The number of rotatable bonds is 7. The Bertz CT molecular complexity index is 385. The average Bonchev–Trinajstić information content (AvgIpc) is 2.39. The standard InChI is InChI=1S/C15H31N3O3Si/c1-17(15(20)21-9-10-22(2,3)4)11-13(16)12-18-8-6-5-7-14(18)19/h13H,5-12,16H2,1-4H3. The summed E-state index contributed by atoms with van der Waals surface area (Å²) in [5, 5.41) is 0. The molecule has 0 spiro atoms. The van der Waals surface area contributed by atoms with Crippen LogP contribution in [0, 0.1) is 0 Å². The molecule has 1 atom stereocenters. The Hall–Kier alpha value is -1.08. The smallest absolute Gasteiger partial charge is 0.409 e. The van der Waals surface area contributed by atoms with E-state index in [1.54, 1.807) is 11.9 Å². The topological polar surface area (TPSA) is 75.9 Å². The van der Waals surface area contributed by atoms with Crippen molar-refractivity contribution in [1.82, 2.24) is 9.80 Å². The fourth-order valence-corrected chi connectivity index (χ4v) is 3.09. The van der Waals surface area contributed by atoms with Crippen LogP contribution in [0.3, 0.4) is 0 Å². The molecule has 128 valence electrons.